The van der Waals surface area contributed by atoms with Gasteiger partial charge in [0.05, 0.1) is 22.8 Å². The average Bonchev–Trinajstić information content (AvgIpc) is 3.21. The van der Waals surface area contributed by atoms with Crippen LogP contribution in [0.2, 0.25) is 15.1 Å². The van der Waals surface area contributed by atoms with Gasteiger partial charge in [0.15, 0.2) is 5.75 Å². The summed E-state index contributed by atoms with van der Waals surface area (Å²) in [6, 6.07) is 10.7. The molecule has 4 nitrogen and oxygen atoms in total. The molecular formula is C22H24Cl3NO3. The first-order valence-electron chi connectivity index (χ1n) is 9.75. The Morgan fingerprint density at radius 3 is 2.45 bits per heavy atom. The van der Waals surface area contributed by atoms with Gasteiger partial charge in [-0.2, -0.15) is 0 Å². The molecular weight excluding hydrogens is 433 g/mol. The molecule has 1 atom stereocenters. The molecule has 0 spiro atoms. The van der Waals surface area contributed by atoms with Gasteiger partial charge < -0.3 is 14.4 Å². The minimum Gasteiger partial charge on any atom is -0.490 e. The van der Waals surface area contributed by atoms with Crippen molar-refractivity contribution in [3.05, 3.63) is 62.6 Å². The van der Waals surface area contributed by atoms with Gasteiger partial charge in [-0.15, -0.1) is 0 Å². The molecule has 0 saturated carbocycles. The molecule has 1 aliphatic heterocycles. The van der Waals surface area contributed by atoms with E-state index in [4.69, 9.17) is 44.3 Å². The topological polar surface area (TPSA) is 38.8 Å². The smallest absolute Gasteiger partial charge is 0.254 e. The maximum absolute atomic E-state index is 13.3. The second-order valence-electron chi connectivity index (χ2n) is 7.06. The number of hydrogen-bond donors (Lipinski definition) is 0. The molecule has 1 amide bonds. The normalized spacial score (nSPS) is 16.1. The first kappa shape index (κ1) is 22.2. The highest BCUT2D eigenvalue weighted by atomic mass is 35.5. The Morgan fingerprint density at radius 2 is 1.86 bits per heavy atom. The van der Waals surface area contributed by atoms with Crippen LogP contribution >= 0.6 is 34.8 Å². The lowest BCUT2D eigenvalue weighted by Gasteiger charge is -2.26. The van der Waals surface area contributed by atoms with Crippen LogP contribution in [0.3, 0.4) is 0 Å². The van der Waals surface area contributed by atoms with Gasteiger partial charge in [0.2, 0.25) is 0 Å². The predicted octanol–water partition coefficient (Wildman–Crippen LogP) is 6.26. The fourth-order valence-electron chi connectivity index (χ4n) is 3.27. The van der Waals surface area contributed by atoms with E-state index in [-0.39, 0.29) is 12.0 Å². The highest BCUT2D eigenvalue weighted by Gasteiger charge is 2.25. The number of nitrogens with zero attached hydrogens (tertiary/aromatic N) is 1. The standard InChI is InChI=1S/C22H24Cl3NO3/c1-2-9-29-21-19(24)11-16(12-20(21)25)22(27)26(14-18-4-3-10-28-18)13-15-5-7-17(23)8-6-15/h5-8,11-12,18H,2-4,9-10,13-14H2,1H3. The van der Waals surface area contributed by atoms with Crippen LogP contribution in [0.15, 0.2) is 36.4 Å². The molecule has 1 aliphatic rings. The zero-order valence-electron chi connectivity index (χ0n) is 16.3. The molecule has 0 N–H and O–H groups in total. The molecule has 0 radical (unpaired) electrons. The van der Waals surface area contributed by atoms with Crippen molar-refractivity contribution in [2.45, 2.75) is 38.8 Å². The molecule has 7 heteroatoms. The van der Waals surface area contributed by atoms with Crippen molar-refractivity contribution in [1.82, 2.24) is 4.90 Å². The van der Waals surface area contributed by atoms with Crippen LogP contribution in [0.1, 0.15) is 42.1 Å². The molecule has 29 heavy (non-hydrogen) atoms. The predicted molar refractivity (Wildman–Crippen MR) is 117 cm³/mol. The largest absolute Gasteiger partial charge is 0.490 e. The Balaban J connectivity index is 1.83. The molecule has 156 valence electrons. The molecule has 1 fully saturated rings. The summed E-state index contributed by atoms with van der Waals surface area (Å²) in [7, 11) is 0. The summed E-state index contributed by atoms with van der Waals surface area (Å²) in [6.07, 6.45) is 2.82. The van der Waals surface area contributed by atoms with E-state index in [2.05, 4.69) is 0 Å². The minimum atomic E-state index is -0.152. The van der Waals surface area contributed by atoms with Crippen molar-refractivity contribution in [3.8, 4) is 5.75 Å². The molecule has 1 heterocycles. The Morgan fingerprint density at radius 1 is 1.17 bits per heavy atom. The minimum absolute atomic E-state index is 0.0318. The summed E-state index contributed by atoms with van der Waals surface area (Å²) in [4.78, 5) is 15.1. The maximum atomic E-state index is 13.3. The van der Waals surface area contributed by atoms with Gasteiger partial charge >= 0.3 is 0 Å². The van der Waals surface area contributed by atoms with Gasteiger partial charge in [-0.25, -0.2) is 0 Å². The number of benzene rings is 2. The summed E-state index contributed by atoms with van der Waals surface area (Å²) in [5.74, 6) is 0.261. The fraction of sp³-hybridized carbons (Fsp3) is 0.409. The number of halogens is 3. The highest BCUT2D eigenvalue weighted by Crippen LogP contribution is 2.35. The van der Waals surface area contributed by atoms with Crippen molar-refractivity contribution in [2.24, 2.45) is 0 Å². The van der Waals surface area contributed by atoms with Crippen molar-refractivity contribution in [1.29, 1.82) is 0 Å². The molecule has 2 aromatic rings. The second kappa shape index (κ2) is 10.5. The van der Waals surface area contributed by atoms with Gasteiger partial charge in [0, 0.05) is 30.3 Å². The van der Waals surface area contributed by atoms with E-state index in [0.29, 0.717) is 46.1 Å². The third kappa shape index (κ3) is 6.02. The number of amides is 1. The van der Waals surface area contributed by atoms with Crippen molar-refractivity contribution in [3.63, 3.8) is 0 Å². The molecule has 3 rings (SSSR count). The Bertz CT molecular complexity index is 813. The molecule has 0 bridgehead atoms. The average molecular weight is 457 g/mol. The summed E-state index contributed by atoms with van der Waals surface area (Å²) >= 11 is 18.7. The van der Waals surface area contributed by atoms with Crippen molar-refractivity contribution < 1.29 is 14.3 Å². The van der Waals surface area contributed by atoms with Gasteiger partial charge in [0.1, 0.15) is 0 Å². The van der Waals surface area contributed by atoms with Crippen LogP contribution in [-0.4, -0.2) is 36.7 Å². The van der Waals surface area contributed by atoms with Crippen LogP contribution in [0.25, 0.3) is 0 Å². The number of ether oxygens (including phenoxy) is 2. The third-order valence-electron chi connectivity index (χ3n) is 4.72. The van der Waals surface area contributed by atoms with Crippen LogP contribution in [0.5, 0.6) is 5.75 Å². The zero-order chi connectivity index (χ0) is 20.8. The van der Waals surface area contributed by atoms with Crippen LogP contribution < -0.4 is 4.74 Å². The van der Waals surface area contributed by atoms with Crippen LogP contribution in [-0.2, 0) is 11.3 Å². The zero-order valence-corrected chi connectivity index (χ0v) is 18.6. The SMILES string of the molecule is CCCOc1c(Cl)cc(C(=O)N(Cc2ccc(Cl)cc2)CC2CCCO2)cc1Cl. The summed E-state index contributed by atoms with van der Waals surface area (Å²) in [6.45, 7) is 4.19. The van der Waals surface area contributed by atoms with Crippen molar-refractivity contribution >= 4 is 40.7 Å². The lowest BCUT2D eigenvalue weighted by Crippen LogP contribution is -2.37. The fourth-order valence-corrected chi connectivity index (χ4v) is 3.99. The van der Waals surface area contributed by atoms with Crippen LogP contribution in [0, 0.1) is 0 Å². The first-order valence-corrected chi connectivity index (χ1v) is 10.9. The van der Waals surface area contributed by atoms with Gasteiger partial charge in [-0.1, -0.05) is 53.9 Å². The molecule has 1 saturated heterocycles. The number of carbonyl (C=O) groups excluding carboxylic acids is 1. The van der Waals surface area contributed by atoms with E-state index in [1.807, 2.05) is 31.2 Å². The monoisotopic (exact) mass is 455 g/mol. The summed E-state index contributed by atoms with van der Waals surface area (Å²) in [5.41, 5.74) is 1.41. The Labute approximate surface area is 186 Å². The van der Waals surface area contributed by atoms with E-state index in [1.165, 1.54) is 0 Å². The van der Waals surface area contributed by atoms with Gasteiger partial charge in [0.25, 0.3) is 5.91 Å². The van der Waals surface area contributed by atoms with E-state index in [1.54, 1.807) is 17.0 Å². The Kier molecular flexibility index (Phi) is 8.07. The van der Waals surface area contributed by atoms with E-state index in [9.17, 15) is 4.79 Å². The first-order chi connectivity index (χ1) is 14.0. The molecule has 0 aliphatic carbocycles. The number of hydrogen-bond acceptors (Lipinski definition) is 3. The van der Waals surface area contributed by atoms with Crippen LogP contribution in [0.4, 0.5) is 0 Å². The highest BCUT2D eigenvalue weighted by molar-refractivity contribution is 6.37. The maximum Gasteiger partial charge on any atom is 0.254 e. The van der Waals surface area contributed by atoms with Gasteiger partial charge in [-0.3, -0.25) is 4.79 Å². The molecule has 1 unspecified atom stereocenters. The lowest BCUT2D eigenvalue weighted by molar-refractivity contribution is 0.0507. The lowest BCUT2D eigenvalue weighted by atomic mass is 10.1. The Hall–Kier alpha value is -1.46. The quantitative estimate of drug-likeness (QED) is 0.471. The molecule has 0 aromatic heterocycles. The van der Waals surface area contributed by atoms with E-state index >= 15 is 0 Å². The third-order valence-corrected chi connectivity index (χ3v) is 5.53. The number of carbonyl (C=O) groups is 1. The van der Waals surface area contributed by atoms with Gasteiger partial charge in [-0.05, 0) is 49.1 Å². The van der Waals surface area contributed by atoms with Crippen molar-refractivity contribution in [2.75, 3.05) is 19.8 Å². The van der Waals surface area contributed by atoms with E-state index in [0.717, 1.165) is 31.4 Å². The second-order valence-corrected chi connectivity index (χ2v) is 8.32. The summed E-state index contributed by atoms with van der Waals surface area (Å²) < 4.78 is 11.4. The van der Waals surface area contributed by atoms with E-state index < -0.39 is 0 Å². The number of rotatable bonds is 8. The summed E-state index contributed by atoms with van der Waals surface area (Å²) in [5, 5.41) is 1.32. The molecule has 2 aromatic carbocycles.